The molecule has 0 atom stereocenters. The van der Waals surface area contributed by atoms with Crippen LogP contribution in [0.2, 0.25) is 0 Å². The highest BCUT2D eigenvalue weighted by Gasteiger charge is 2.23. The summed E-state index contributed by atoms with van der Waals surface area (Å²) >= 11 is 3.26. The van der Waals surface area contributed by atoms with Crippen LogP contribution in [-0.2, 0) is 5.54 Å². The fraction of sp³-hybridized carbons (Fsp3) is 0.625. The van der Waals surface area contributed by atoms with Gasteiger partial charge in [-0.1, -0.05) is 0 Å². The lowest BCUT2D eigenvalue weighted by atomic mass is 10.1. The predicted molar refractivity (Wildman–Crippen MR) is 55.9 cm³/mol. The molecule has 1 aromatic heterocycles. The normalized spacial score (nSPS) is 11.8. The van der Waals surface area contributed by atoms with E-state index in [-0.39, 0.29) is 5.54 Å². The second kappa shape index (κ2) is 3.21. The summed E-state index contributed by atoms with van der Waals surface area (Å²) in [6.07, 6.45) is 0. The zero-order valence-electron chi connectivity index (χ0n) is 8.26. The average Bonchev–Trinajstić information content (AvgIpc) is 2.28. The van der Waals surface area contributed by atoms with Gasteiger partial charge in [0.15, 0.2) is 4.60 Å². The van der Waals surface area contributed by atoms with Crippen LogP contribution in [0.4, 0.5) is 5.69 Å². The van der Waals surface area contributed by atoms with E-state index < -0.39 is 0 Å². The van der Waals surface area contributed by atoms with Crippen molar-refractivity contribution < 1.29 is 4.74 Å². The lowest BCUT2D eigenvalue weighted by molar-refractivity contribution is 0.283. The predicted octanol–water partition coefficient (Wildman–Crippen LogP) is 1.99. The third-order valence-corrected chi connectivity index (χ3v) is 2.25. The van der Waals surface area contributed by atoms with Gasteiger partial charge in [-0.15, -0.1) is 0 Å². The molecule has 4 nitrogen and oxygen atoms in total. The SMILES string of the molecule is COc1c(N)c(Br)nn1C(C)(C)C. The summed E-state index contributed by atoms with van der Waals surface area (Å²) < 4.78 is 7.55. The van der Waals surface area contributed by atoms with Gasteiger partial charge < -0.3 is 10.5 Å². The average molecular weight is 248 g/mol. The summed E-state index contributed by atoms with van der Waals surface area (Å²) in [4.78, 5) is 0. The van der Waals surface area contributed by atoms with E-state index in [1.807, 2.05) is 20.8 Å². The Balaban J connectivity index is 3.30. The maximum absolute atomic E-state index is 5.76. The molecule has 1 heterocycles. The number of halogens is 1. The van der Waals surface area contributed by atoms with E-state index in [4.69, 9.17) is 10.5 Å². The van der Waals surface area contributed by atoms with E-state index in [1.54, 1.807) is 11.8 Å². The lowest BCUT2D eigenvalue weighted by Gasteiger charge is -2.21. The first-order chi connectivity index (χ1) is 5.88. The molecule has 1 aromatic rings. The van der Waals surface area contributed by atoms with Gasteiger partial charge in [0.05, 0.1) is 12.6 Å². The number of ether oxygens (including phenoxy) is 1. The van der Waals surface area contributed by atoms with E-state index >= 15 is 0 Å². The number of hydrogen-bond acceptors (Lipinski definition) is 3. The summed E-state index contributed by atoms with van der Waals surface area (Å²) in [5, 5.41) is 4.24. The Labute approximate surface area is 86.2 Å². The molecule has 0 radical (unpaired) electrons. The Bertz CT molecular complexity index is 314. The molecule has 0 saturated carbocycles. The molecular weight excluding hydrogens is 234 g/mol. The van der Waals surface area contributed by atoms with Crippen molar-refractivity contribution in [2.24, 2.45) is 0 Å². The summed E-state index contributed by atoms with van der Waals surface area (Å²) in [6.45, 7) is 6.11. The van der Waals surface area contributed by atoms with Gasteiger partial charge in [-0.2, -0.15) is 5.10 Å². The summed E-state index contributed by atoms with van der Waals surface area (Å²) in [5.41, 5.74) is 6.16. The molecule has 0 aliphatic rings. The Morgan fingerprint density at radius 1 is 1.46 bits per heavy atom. The Kier molecular flexibility index (Phi) is 2.56. The molecule has 13 heavy (non-hydrogen) atoms. The summed E-state index contributed by atoms with van der Waals surface area (Å²) in [5.74, 6) is 0.597. The van der Waals surface area contributed by atoms with E-state index in [0.29, 0.717) is 16.2 Å². The van der Waals surface area contributed by atoms with Crippen molar-refractivity contribution >= 4 is 21.6 Å². The first-order valence-corrected chi connectivity index (χ1v) is 4.75. The lowest BCUT2D eigenvalue weighted by Crippen LogP contribution is -2.23. The molecule has 1 rings (SSSR count). The minimum atomic E-state index is -0.133. The molecule has 5 heteroatoms. The van der Waals surface area contributed by atoms with Crippen molar-refractivity contribution in [3.05, 3.63) is 4.60 Å². The van der Waals surface area contributed by atoms with Gasteiger partial charge in [-0.05, 0) is 36.7 Å². The molecule has 2 N–H and O–H groups in total. The first kappa shape index (κ1) is 10.4. The van der Waals surface area contributed by atoms with Gasteiger partial charge in [0.1, 0.15) is 5.69 Å². The van der Waals surface area contributed by atoms with E-state index in [0.717, 1.165) is 0 Å². The second-order valence-corrected chi connectivity index (χ2v) is 4.55. The van der Waals surface area contributed by atoms with Crippen LogP contribution in [0.1, 0.15) is 20.8 Å². The zero-order valence-corrected chi connectivity index (χ0v) is 9.84. The number of nitrogens with zero attached hydrogens (tertiary/aromatic N) is 2. The van der Waals surface area contributed by atoms with E-state index in [2.05, 4.69) is 21.0 Å². The van der Waals surface area contributed by atoms with E-state index in [1.165, 1.54) is 0 Å². The van der Waals surface area contributed by atoms with Crippen molar-refractivity contribution in [1.29, 1.82) is 0 Å². The topological polar surface area (TPSA) is 53.1 Å². The number of aromatic nitrogens is 2. The molecule has 0 unspecified atom stereocenters. The molecule has 74 valence electrons. The quantitative estimate of drug-likeness (QED) is 0.826. The van der Waals surface area contributed by atoms with Crippen LogP contribution in [-0.4, -0.2) is 16.9 Å². The van der Waals surface area contributed by atoms with Crippen LogP contribution in [0.5, 0.6) is 5.88 Å². The van der Waals surface area contributed by atoms with Crippen LogP contribution < -0.4 is 10.5 Å². The molecule has 0 bridgehead atoms. The molecular formula is C8H14BrN3O. The number of nitrogen functional groups attached to an aromatic ring is 1. The van der Waals surface area contributed by atoms with Gasteiger partial charge in [-0.3, -0.25) is 0 Å². The van der Waals surface area contributed by atoms with E-state index in [9.17, 15) is 0 Å². The highest BCUT2D eigenvalue weighted by Crippen LogP contribution is 2.33. The van der Waals surface area contributed by atoms with Gasteiger partial charge in [0, 0.05) is 0 Å². The summed E-state index contributed by atoms with van der Waals surface area (Å²) in [7, 11) is 1.59. The molecule has 0 fully saturated rings. The Morgan fingerprint density at radius 2 is 2.00 bits per heavy atom. The third kappa shape index (κ3) is 1.80. The van der Waals surface area contributed by atoms with Gasteiger partial charge in [-0.25, -0.2) is 4.68 Å². The standard InChI is InChI=1S/C8H14BrN3O/c1-8(2,3)12-7(13-4)5(10)6(9)11-12/h10H2,1-4H3. The van der Waals surface area contributed by atoms with Crippen molar-refractivity contribution in [2.75, 3.05) is 12.8 Å². The highest BCUT2D eigenvalue weighted by molar-refractivity contribution is 9.10. The fourth-order valence-electron chi connectivity index (χ4n) is 1.04. The number of anilines is 1. The number of rotatable bonds is 1. The first-order valence-electron chi connectivity index (χ1n) is 3.96. The minimum Gasteiger partial charge on any atom is -0.480 e. The molecule has 0 aromatic carbocycles. The highest BCUT2D eigenvalue weighted by atomic mass is 79.9. The maximum atomic E-state index is 5.76. The fourth-order valence-corrected chi connectivity index (χ4v) is 1.37. The zero-order chi connectivity index (χ0) is 10.2. The van der Waals surface area contributed by atoms with Crippen LogP contribution in [0.25, 0.3) is 0 Å². The van der Waals surface area contributed by atoms with Crippen molar-refractivity contribution in [1.82, 2.24) is 9.78 Å². The van der Waals surface area contributed by atoms with Crippen LogP contribution >= 0.6 is 15.9 Å². The monoisotopic (exact) mass is 247 g/mol. The molecule has 0 saturated heterocycles. The molecule has 0 aliphatic heterocycles. The number of hydrogen-bond donors (Lipinski definition) is 1. The van der Waals surface area contributed by atoms with Crippen molar-refractivity contribution in [3.8, 4) is 5.88 Å². The largest absolute Gasteiger partial charge is 0.480 e. The number of methoxy groups -OCH3 is 1. The van der Waals surface area contributed by atoms with Crippen LogP contribution in [0, 0.1) is 0 Å². The molecule has 0 aliphatic carbocycles. The third-order valence-electron chi connectivity index (χ3n) is 1.66. The summed E-state index contributed by atoms with van der Waals surface area (Å²) in [6, 6.07) is 0. The second-order valence-electron chi connectivity index (χ2n) is 3.80. The van der Waals surface area contributed by atoms with Crippen LogP contribution in [0.3, 0.4) is 0 Å². The van der Waals surface area contributed by atoms with Gasteiger partial charge in [0.2, 0.25) is 5.88 Å². The molecule has 0 amide bonds. The number of nitrogens with two attached hydrogens (primary N) is 1. The van der Waals surface area contributed by atoms with Gasteiger partial charge in [0.25, 0.3) is 0 Å². The Morgan fingerprint density at radius 3 is 2.31 bits per heavy atom. The maximum Gasteiger partial charge on any atom is 0.237 e. The smallest absolute Gasteiger partial charge is 0.237 e. The Hall–Kier alpha value is -0.710. The molecule has 0 spiro atoms. The van der Waals surface area contributed by atoms with Crippen LogP contribution in [0.15, 0.2) is 4.60 Å². The minimum absolute atomic E-state index is 0.133. The van der Waals surface area contributed by atoms with Crippen molar-refractivity contribution in [3.63, 3.8) is 0 Å². The van der Waals surface area contributed by atoms with Crippen molar-refractivity contribution in [2.45, 2.75) is 26.3 Å². The van der Waals surface area contributed by atoms with Gasteiger partial charge >= 0.3 is 0 Å².